The Bertz CT molecular complexity index is 303. The fraction of sp³-hybridized carbons (Fsp3) is 0.846. The molecule has 1 heterocycles. The van der Waals surface area contributed by atoms with Crippen LogP contribution in [0, 0.1) is 0 Å². The Morgan fingerprint density at radius 2 is 2.00 bits per heavy atom. The van der Waals surface area contributed by atoms with E-state index < -0.39 is 0 Å². The number of carbonyl (C=O) groups excluding carboxylic acids is 2. The number of nitrogens with zero attached hydrogens (tertiary/aromatic N) is 2. The highest BCUT2D eigenvalue weighted by atomic mass is 16.5. The SMILES string of the molecule is CCN(CC)C(=O)C(C)N1CCCC1C(=O)OC. The van der Waals surface area contributed by atoms with Crippen molar-refractivity contribution in [2.75, 3.05) is 26.7 Å². The normalized spacial score (nSPS) is 21.7. The van der Waals surface area contributed by atoms with Gasteiger partial charge in [0.25, 0.3) is 0 Å². The summed E-state index contributed by atoms with van der Waals surface area (Å²) in [4.78, 5) is 27.7. The number of amides is 1. The van der Waals surface area contributed by atoms with E-state index in [4.69, 9.17) is 4.74 Å². The van der Waals surface area contributed by atoms with Crippen LogP contribution in [0.25, 0.3) is 0 Å². The van der Waals surface area contributed by atoms with Crippen molar-refractivity contribution in [1.29, 1.82) is 0 Å². The minimum absolute atomic E-state index is 0.0933. The van der Waals surface area contributed by atoms with Crippen LogP contribution in [-0.2, 0) is 14.3 Å². The molecule has 0 N–H and O–H groups in total. The summed E-state index contributed by atoms with van der Waals surface area (Å²) in [6.07, 6.45) is 1.72. The molecule has 1 fully saturated rings. The number of likely N-dealkylation sites (N-methyl/N-ethyl adjacent to an activating group) is 1. The number of hydrogen-bond donors (Lipinski definition) is 0. The molecule has 2 atom stereocenters. The summed E-state index contributed by atoms with van der Waals surface area (Å²) in [5.74, 6) is -0.137. The average molecular weight is 256 g/mol. The lowest BCUT2D eigenvalue weighted by Crippen LogP contribution is -2.50. The van der Waals surface area contributed by atoms with Crippen molar-refractivity contribution in [1.82, 2.24) is 9.80 Å². The standard InChI is InChI=1S/C13H24N2O3/c1-5-14(6-2)12(16)10(3)15-9-7-8-11(15)13(17)18-4/h10-11H,5-9H2,1-4H3. The maximum Gasteiger partial charge on any atom is 0.323 e. The van der Waals surface area contributed by atoms with E-state index in [1.165, 1.54) is 7.11 Å². The molecule has 1 aliphatic heterocycles. The quantitative estimate of drug-likeness (QED) is 0.685. The summed E-state index contributed by atoms with van der Waals surface area (Å²) in [5, 5.41) is 0. The molecule has 1 saturated heterocycles. The molecule has 5 heteroatoms. The van der Waals surface area contributed by atoms with E-state index in [0.29, 0.717) is 13.1 Å². The summed E-state index contributed by atoms with van der Waals surface area (Å²) >= 11 is 0. The van der Waals surface area contributed by atoms with Crippen LogP contribution in [-0.4, -0.2) is 60.5 Å². The number of hydrogen-bond acceptors (Lipinski definition) is 4. The predicted molar refractivity (Wildman–Crippen MR) is 69.1 cm³/mol. The molecule has 5 nitrogen and oxygen atoms in total. The third-order valence-corrected chi connectivity index (χ3v) is 3.70. The van der Waals surface area contributed by atoms with Crippen LogP contribution in [0.2, 0.25) is 0 Å². The van der Waals surface area contributed by atoms with Gasteiger partial charge in [0.1, 0.15) is 6.04 Å². The van der Waals surface area contributed by atoms with Crippen molar-refractivity contribution in [3.05, 3.63) is 0 Å². The van der Waals surface area contributed by atoms with Crippen molar-refractivity contribution in [3.8, 4) is 0 Å². The summed E-state index contributed by atoms with van der Waals surface area (Å²) in [5.41, 5.74) is 0. The van der Waals surface area contributed by atoms with E-state index in [0.717, 1.165) is 19.4 Å². The van der Waals surface area contributed by atoms with E-state index in [1.54, 1.807) is 4.90 Å². The molecule has 1 amide bonds. The molecule has 0 aromatic heterocycles. The molecule has 0 aromatic rings. The van der Waals surface area contributed by atoms with Gasteiger partial charge in [-0.25, -0.2) is 0 Å². The third-order valence-electron chi connectivity index (χ3n) is 3.70. The number of methoxy groups -OCH3 is 1. The summed E-state index contributed by atoms with van der Waals surface area (Å²) in [6, 6.07) is -0.513. The lowest BCUT2D eigenvalue weighted by atomic mass is 10.2. The van der Waals surface area contributed by atoms with Crippen LogP contribution >= 0.6 is 0 Å². The number of ether oxygens (including phenoxy) is 1. The zero-order valence-electron chi connectivity index (χ0n) is 11.8. The van der Waals surface area contributed by atoms with Crippen molar-refractivity contribution in [2.24, 2.45) is 0 Å². The molecule has 0 radical (unpaired) electrons. The second-order valence-corrected chi connectivity index (χ2v) is 4.61. The van der Waals surface area contributed by atoms with Gasteiger partial charge in [0.2, 0.25) is 5.91 Å². The van der Waals surface area contributed by atoms with Gasteiger partial charge in [-0.05, 0) is 40.2 Å². The molecule has 0 spiro atoms. The van der Waals surface area contributed by atoms with Crippen LogP contribution in [0.5, 0.6) is 0 Å². The number of likely N-dealkylation sites (tertiary alicyclic amines) is 1. The Morgan fingerprint density at radius 3 is 2.50 bits per heavy atom. The molecule has 104 valence electrons. The molecular formula is C13H24N2O3. The van der Waals surface area contributed by atoms with Crippen molar-refractivity contribution >= 4 is 11.9 Å². The predicted octanol–water partition coefficient (Wildman–Crippen LogP) is 0.881. The van der Waals surface area contributed by atoms with Gasteiger partial charge in [-0.3, -0.25) is 14.5 Å². The maximum absolute atomic E-state index is 12.3. The summed E-state index contributed by atoms with van der Waals surface area (Å²) in [7, 11) is 1.40. The zero-order chi connectivity index (χ0) is 13.7. The number of esters is 1. The Labute approximate surface area is 109 Å². The van der Waals surface area contributed by atoms with Crippen LogP contribution in [0.1, 0.15) is 33.6 Å². The van der Waals surface area contributed by atoms with Crippen LogP contribution in [0.4, 0.5) is 0 Å². The van der Waals surface area contributed by atoms with Crippen LogP contribution < -0.4 is 0 Å². The van der Waals surface area contributed by atoms with Gasteiger partial charge in [-0.2, -0.15) is 0 Å². The molecule has 18 heavy (non-hydrogen) atoms. The molecule has 2 unspecified atom stereocenters. The summed E-state index contributed by atoms with van der Waals surface area (Å²) in [6.45, 7) is 8.01. The molecule has 1 rings (SSSR count). The Morgan fingerprint density at radius 1 is 1.39 bits per heavy atom. The van der Waals surface area contributed by atoms with E-state index in [2.05, 4.69) is 0 Å². The van der Waals surface area contributed by atoms with Gasteiger partial charge in [0.15, 0.2) is 0 Å². The maximum atomic E-state index is 12.3. The Hall–Kier alpha value is -1.10. The molecule has 0 saturated carbocycles. The monoisotopic (exact) mass is 256 g/mol. The lowest BCUT2D eigenvalue weighted by molar-refractivity contribution is -0.148. The Kier molecular flexibility index (Phi) is 5.59. The third kappa shape index (κ3) is 3.02. The van der Waals surface area contributed by atoms with E-state index in [-0.39, 0.29) is 24.0 Å². The number of rotatable bonds is 5. The molecular weight excluding hydrogens is 232 g/mol. The number of carbonyl (C=O) groups is 2. The molecule has 1 aliphatic rings. The average Bonchev–Trinajstić information content (AvgIpc) is 2.87. The summed E-state index contributed by atoms with van der Waals surface area (Å²) < 4.78 is 4.80. The minimum atomic E-state index is -0.260. The van der Waals surface area contributed by atoms with E-state index in [1.807, 2.05) is 25.7 Å². The fourth-order valence-electron chi connectivity index (χ4n) is 2.58. The van der Waals surface area contributed by atoms with Gasteiger partial charge in [0, 0.05) is 13.1 Å². The minimum Gasteiger partial charge on any atom is -0.468 e. The first-order valence-corrected chi connectivity index (χ1v) is 6.69. The smallest absolute Gasteiger partial charge is 0.323 e. The first-order chi connectivity index (χ1) is 8.56. The second-order valence-electron chi connectivity index (χ2n) is 4.61. The van der Waals surface area contributed by atoms with Crippen LogP contribution in [0.15, 0.2) is 0 Å². The first-order valence-electron chi connectivity index (χ1n) is 6.69. The zero-order valence-corrected chi connectivity index (χ0v) is 11.8. The van der Waals surface area contributed by atoms with Gasteiger partial charge >= 0.3 is 5.97 Å². The molecule has 0 bridgehead atoms. The second kappa shape index (κ2) is 6.73. The van der Waals surface area contributed by atoms with Gasteiger partial charge < -0.3 is 9.64 Å². The van der Waals surface area contributed by atoms with E-state index >= 15 is 0 Å². The Balaban J connectivity index is 2.73. The largest absolute Gasteiger partial charge is 0.468 e. The fourth-order valence-corrected chi connectivity index (χ4v) is 2.58. The highest BCUT2D eigenvalue weighted by Crippen LogP contribution is 2.22. The first kappa shape index (κ1) is 15.0. The van der Waals surface area contributed by atoms with Crippen LogP contribution in [0.3, 0.4) is 0 Å². The van der Waals surface area contributed by atoms with Gasteiger partial charge in [-0.1, -0.05) is 0 Å². The van der Waals surface area contributed by atoms with Crippen molar-refractivity contribution < 1.29 is 14.3 Å². The topological polar surface area (TPSA) is 49.9 Å². The highest BCUT2D eigenvalue weighted by Gasteiger charge is 2.37. The van der Waals surface area contributed by atoms with Gasteiger partial charge in [-0.15, -0.1) is 0 Å². The van der Waals surface area contributed by atoms with Crippen molar-refractivity contribution in [2.45, 2.75) is 45.7 Å². The lowest BCUT2D eigenvalue weighted by Gasteiger charge is -2.31. The van der Waals surface area contributed by atoms with Gasteiger partial charge in [0.05, 0.1) is 13.2 Å². The molecule has 0 aromatic carbocycles. The highest BCUT2D eigenvalue weighted by molar-refractivity contribution is 5.83. The van der Waals surface area contributed by atoms with E-state index in [9.17, 15) is 9.59 Å². The van der Waals surface area contributed by atoms with Crippen molar-refractivity contribution in [3.63, 3.8) is 0 Å². The molecule has 0 aliphatic carbocycles.